The maximum atomic E-state index is 6.04. The summed E-state index contributed by atoms with van der Waals surface area (Å²) >= 11 is 0. The lowest BCUT2D eigenvalue weighted by atomic mass is 9.84. The Morgan fingerprint density at radius 1 is 1.29 bits per heavy atom. The van der Waals surface area contributed by atoms with E-state index >= 15 is 0 Å². The summed E-state index contributed by atoms with van der Waals surface area (Å²) in [6, 6.07) is 0.473. The third-order valence-corrected chi connectivity index (χ3v) is 4.30. The van der Waals surface area contributed by atoms with Crippen LogP contribution in [0.2, 0.25) is 0 Å². The van der Waals surface area contributed by atoms with Crippen molar-refractivity contribution in [3.63, 3.8) is 0 Å². The number of nitrogens with zero attached hydrogens (tertiary/aromatic N) is 2. The number of hydrogen-bond acceptors (Lipinski definition) is 5. The first kappa shape index (κ1) is 16.4. The van der Waals surface area contributed by atoms with Crippen molar-refractivity contribution >= 4 is 0 Å². The zero-order chi connectivity index (χ0) is 15.1. The molecule has 1 unspecified atom stereocenters. The zero-order valence-corrected chi connectivity index (χ0v) is 13.7. The lowest BCUT2D eigenvalue weighted by molar-refractivity contribution is -0.0777. The molecule has 1 aromatic heterocycles. The lowest BCUT2D eigenvalue weighted by Gasteiger charge is -2.33. The normalized spacial score (nSPS) is 19.6. The van der Waals surface area contributed by atoms with E-state index < -0.39 is 0 Å². The number of ether oxygens (including phenoxy) is 1. The zero-order valence-electron chi connectivity index (χ0n) is 13.7. The molecule has 1 saturated carbocycles. The standard InChI is InChI=1S/C16H29N3O2/c1-4-17-13(3)9-10-14-18-15(19-21-14)16(20-5-2)11-7-6-8-12-16/h13,17H,4-12H2,1-3H3. The Kier molecular flexibility index (Phi) is 6.18. The number of aromatic nitrogens is 2. The molecule has 1 atom stereocenters. The maximum Gasteiger partial charge on any atom is 0.226 e. The minimum atomic E-state index is -0.304. The molecule has 0 aliphatic heterocycles. The molecule has 0 radical (unpaired) electrons. The third-order valence-electron chi connectivity index (χ3n) is 4.30. The van der Waals surface area contributed by atoms with Gasteiger partial charge >= 0.3 is 0 Å². The molecule has 0 bridgehead atoms. The van der Waals surface area contributed by atoms with Crippen molar-refractivity contribution in [2.24, 2.45) is 0 Å². The van der Waals surface area contributed by atoms with Crippen molar-refractivity contribution < 1.29 is 9.26 Å². The molecule has 1 fully saturated rings. The molecule has 1 aliphatic rings. The van der Waals surface area contributed by atoms with Gasteiger partial charge in [-0.15, -0.1) is 0 Å². The van der Waals surface area contributed by atoms with E-state index in [2.05, 4.69) is 29.3 Å². The SMILES string of the molecule is CCNC(C)CCc1nc(C2(OCC)CCCCC2)no1. The molecular weight excluding hydrogens is 266 g/mol. The summed E-state index contributed by atoms with van der Waals surface area (Å²) < 4.78 is 11.5. The van der Waals surface area contributed by atoms with Gasteiger partial charge < -0.3 is 14.6 Å². The molecule has 0 aromatic carbocycles. The molecule has 0 spiro atoms. The average molecular weight is 295 g/mol. The van der Waals surface area contributed by atoms with E-state index in [1.54, 1.807) is 0 Å². The summed E-state index contributed by atoms with van der Waals surface area (Å²) in [5, 5.41) is 7.62. The smallest absolute Gasteiger partial charge is 0.226 e. The van der Waals surface area contributed by atoms with Crippen LogP contribution in [0.4, 0.5) is 0 Å². The van der Waals surface area contributed by atoms with Crippen molar-refractivity contribution in [2.75, 3.05) is 13.2 Å². The number of hydrogen-bond donors (Lipinski definition) is 1. The van der Waals surface area contributed by atoms with E-state index in [9.17, 15) is 0 Å². The summed E-state index contributed by atoms with van der Waals surface area (Å²) in [5.74, 6) is 1.49. The first-order chi connectivity index (χ1) is 10.2. The Balaban J connectivity index is 1.99. The van der Waals surface area contributed by atoms with Gasteiger partial charge in [-0.3, -0.25) is 0 Å². The highest BCUT2D eigenvalue weighted by Gasteiger charge is 2.39. The van der Waals surface area contributed by atoms with E-state index in [4.69, 9.17) is 9.26 Å². The molecule has 2 rings (SSSR count). The highest BCUT2D eigenvalue weighted by Crippen LogP contribution is 2.39. The summed E-state index contributed by atoms with van der Waals surface area (Å²) in [5.41, 5.74) is -0.304. The highest BCUT2D eigenvalue weighted by molar-refractivity contribution is 5.03. The van der Waals surface area contributed by atoms with Crippen LogP contribution in [0.1, 0.15) is 71.0 Å². The Morgan fingerprint density at radius 3 is 2.71 bits per heavy atom. The Hall–Kier alpha value is -0.940. The second-order valence-electron chi connectivity index (χ2n) is 6.00. The van der Waals surface area contributed by atoms with Gasteiger partial charge in [0.15, 0.2) is 0 Å². The van der Waals surface area contributed by atoms with Gasteiger partial charge in [0.05, 0.1) is 0 Å². The van der Waals surface area contributed by atoms with Gasteiger partial charge in [-0.2, -0.15) is 4.98 Å². The van der Waals surface area contributed by atoms with Crippen LogP contribution in [-0.2, 0) is 16.8 Å². The van der Waals surface area contributed by atoms with Crippen LogP contribution in [0, 0.1) is 0 Å². The van der Waals surface area contributed by atoms with Gasteiger partial charge in [0, 0.05) is 19.1 Å². The van der Waals surface area contributed by atoms with E-state index in [0.29, 0.717) is 12.6 Å². The summed E-state index contributed by atoms with van der Waals surface area (Å²) in [6.45, 7) is 8.03. The number of aryl methyl sites for hydroxylation is 1. The van der Waals surface area contributed by atoms with Crippen molar-refractivity contribution in [1.29, 1.82) is 0 Å². The van der Waals surface area contributed by atoms with Crippen molar-refractivity contribution in [1.82, 2.24) is 15.5 Å². The molecule has 120 valence electrons. The summed E-state index contributed by atoms with van der Waals surface area (Å²) in [7, 11) is 0. The van der Waals surface area contributed by atoms with E-state index in [0.717, 1.165) is 43.9 Å². The molecule has 0 amide bonds. The molecule has 1 aromatic rings. The fourth-order valence-electron chi connectivity index (χ4n) is 3.16. The maximum absolute atomic E-state index is 6.04. The molecule has 21 heavy (non-hydrogen) atoms. The van der Waals surface area contributed by atoms with E-state index in [-0.39, 0.29) is 5.60 Å². The predicted octanol–water partition coefficient (Wildman–Crippen LogP) is 3.20. The molecule has 1 heterocycles. The lowest BCUT2D eigenvalue weighted by Crippen LogP contribution is -2.33. The van der Waals surface area contributed by atoms with E-state index in [1.807, 2.05) is 6.92 Å². The van der Waals surface area contributed by atoms with Gasteiger partial charge in [-0.1, -0.05) is 31.3 Å². The Labute approximate surface area is 127 Å². The van der Waals surface area contributed by atoms with Crippen molar-refractivity contribution in [3.8, 4) is 0 Å². The minimum Gasteiger partial charge on any atom is -0.367 e. The van der Waals surface area contributed by atoms with Crippen LogP contribution in [0.3, 0.4) is 0 Å². The van der Waals surface area contributed by atoms with Gasteiger partial charge in [-0.25, -0.2) is 0 Å². The van der Waals surface area contributed by atoms with Gasteiger partial charge in [0.2, 0.25) is 11.7 Å². The van der Waals surface area contributed by atoms with Crippen LogP contribution in [0.25, 0.3) is 0 Å². The van der Waals surface area contributed by atoms with E-state index in [1.165, 1.54) is 19.3 Å². The van der Waals surface area contributed by atoms with Crippen molar-refractivity contribution in [3.05, 3.63) is 11.7 Å². The van der Waals surface area contributed by atoms with Crippen LogP contribution in [-0.4, -0.2) is 29.3 Å². The molecule has 0 saturated heterocycles. The van der Waals surface area contributed by atoms with Crippen molar-refractivity contribution in [2.45, 2.75) is 77.4 Å². The number of nitrogens with one attached hydrogen (secondary N) is 1. The predicted molar refractivity (Wildman–Crippen MR) is 82.1 cm³/mol. The first-order valence-electron chi connectivity index (χ1n) is 8.40. The quantitative estimate of drug-likeness (QED) is 0.798. The van der Waals surface area contributed by atoms with Gasteiger partial charge in [-0.05, 0) is 39.7 Å². The van der Waals surface area contributed by atoms with Crippen LogP contribution >= 0.6 is 0 Å². The average Bonchev–Trinajstić information content (AvgIpc) is 2.96. The first-order valence-corrected chi connectivity index (χ1v) is 8.40. The minimum absolute atomic E-state index is 0.304. The monoisotopic (exact) mass is 295 g/mol. The highest BCUT2D eigenvalue weighted by atomic mass is 16.5. The number of rotatable bonds is 8. The van der Waals surface area contributed by atoms with Gasteiger partial charge in [0.1, 0.15) is 5.60 Å². The third kappa shape index (κ3) is 4.27. The fraction of sp³-hybridized carbons (Fsp3) is 0.875. The molecular formula is C16H29N3O2. The summed E-state index contributed by atoms with van der Waals surface area (Å²) in [6.07, 6.45) is 7.49. The van der Waals surface area contributed by atoms with Gasteiger partial charge in [0.25, 0.3) is 0 Å². The summed E-state index contributed by atoms with van der Waals surface area (Å²) in [4.78, 5) is 4.63. The molecule has 1 aliphatic carbocycles. The largest absolute Gasteiger partial charge is 0.367 e. The molecule has 5 nitrogen and oxygen atoms in total. The fourth-order valence-corrected chi connectivity index (χ4v) is 3.16. The molecule has 5 heteroatoms. The Morgan fingerprint density at radius 2 is 2.05 bits per heavy atom. The van der Waals surface area contributed by atoms with Crippen LogP contribution in [0.15, 0.2) is 4.52 Å². The van der Waals surface area contributed by atoms with Crippen LogP contribution < -0.4 is 5.32 Å². The molecule has 1 N–H and O–H groups in total. The second kappa shape index (κ2) is 7.90. The second-order valence-corrected chi connectivity index (χ2v) is 6.00. The topological polar surface area (TPSA) is 60.2 Å². The Bertz CT molecular complexity index is 408. The van der Waals surface area contributed by atoms with Crippen LogP contribution in [0.5, 0.6) is 0 Å².